The van der Waals surface area contributed by atoms with Crippen molar-refractivity contribution in [1.82, 2.24) is 0 Å². The summed E-state index contributed by atoms with van der Waals surface area (Å²) in [6.45, 7) is -0.0521. The van der Waals surface area contributed by atoms with E-state index in [0.29, 0.717) is 21.3 Å². The van der Waals surface area contributed by atoms with Gasteiger partial charge in [0.05, 0.1) is 22.3 Å². The molecule has 0 aliphatic heterocycles. The van der Waals surface area contributed by atoms with Gasteiger partial charge in [-0.2, -0.15) is 0 Å². The van der Waals surface area contributed by atoms with E-state index < -0.39 is 0 Å². The van der Waals surface area contributed by atoms with Crippen LogP contribution in [0.5, 0.6) is 0 Å². The molecule has 0 unspecified atom stereocenters. The van der Waals surface area contributed by atoms with E-state index in [4.69, 9.17) is 28.3 Å². The van der Waals surface area contributed by atoms with Gasteiger partial charge in [-0.1, -0.05) is 23.2 Å². The van der Waals surface area contributed by atoms with E-state index >= 15 is 0 Å². The molecular formula is C8H9Cl2NO. The third kappa shape index (κ3) is 1.83. The Balaban J connectivity index is 3.18. The average molecular weight is 206 g/mol. The van der Waals surface area contributed by atoms with E-state index in [9.17, 15) is 0 Å². The Morgan fingerprint density at radius 2 is 1.83 bits per heavy atom. The second-order valence-electron chi connectivity index (χ2n) is 2.34. The Morgan fingerprint density at radius 1 is 1.33 bits per heavy atom. The highest BCUT2D eigenvalue weighted by Crippen LogP contribution is 2.31. The van der Waals surface area contributed by atoms with Crippen LogP contribution in [0.25, 0.3) is 0 Å². The number of nitrogens with one attached hydrogen (secondary N) is 1. The van der Waals surface area contributed by atoms with Crippen LogP contribution in [0.3, 0.4) is 0 Å². The Bertz CT molecular complexity index is 265. The summed E-state index contributed by atoms with van der Waals surface area (Å²) >= 11 is 11.7. The standard InChI is InChI=1S/C8H9Cl2NO/c1-11-8-6(9)2-5(4-12)3-7(8)10/h2-3,11-12H,4H2,1H3. The average Bonchev–Trinajstić information content (AvgIpc) is 2.03. The summed E-state index contributed by atoms with van der Waals surface area (Å²) in [6, 6.07) is 3.36. The molecule has 0 heterocycles. The molecule has 0 fully saturated rings. The molecule has 1 aromatic rings. The number of halogens is 2. The largest absolute Gasteiger partial charge is 0.392 e. The van der Waals surface area contributed by atoms with Gasteiger partial charge in [-0.3, -0.25) is 0 Å². The lowest BCUT2D eigenvalue weighted by molar-refractivity contribution is 0.282. The van der Waals surface area contributed by atoms with Crippen LogP contribution in [0.4, 0.5) is 5.69 Å². The number of anilines is 1. The first-order chi connectivity index (χ1) is 5.69. The van der Waals surface area contributed by atoms with Crippen molar-refractivity contribution in [3.8, 4) is 0 Å². The second kappa shape index (κ2) is 3.99. The van der Waals surface area contributed by atoms with Crippen LogP contribution in [0, 0.1) is 0 Å². The molecule has 1 aromatic carbocycles. The fourth-order valence-corrected chi connectivity index (χ4v) is 1.68. The molecule has 0 saturated carbocycles. The van der Waals surface area contributed by atoms with E-state index in [1.54, 1.807) is 19.2 Å². The number of rotatable bonds is 2. The summed E-state index contributed by atoms with van der Waals surface area (Å²) < 4.78 is 0. The third-order valence-corrected chi connectivity index (χ3v) is 2.13. The quantitative estimate of drug-likeness (QED) is 0.779. The molecular weight excluding hydrogens is 197 g/mol. The molecule has 4 heteroatoms. The normalized spacial score (nSPS) is 10.0. The smallest absolute Gasteiger partial charge is 0.0716 e. The molecule has 66 valence electrons. The zero-order valence-electron chi connectivity index (χ0n) is 6.56. The molecule has 1 rings (SSSR count). The minimum absolute atomic E-state index is 0.0521. The maximum Gasteiger partial charge on any atom is 0.0716 e. The molecule has 2 N–H and O–H groups in total. The molecule has 0 atom stereocenters. The number of hydrogen-bond donors (Lipinski definition) is 2. The zero-order valence-corrected chi connectivity index (χ0v) is 8.08. The van der Waals surface area contributed by atoms with Crippen molar-refractivity contribution in [3.63, 3.8) is 0 Å². The molecule has 0 radical (unpaired) electrons. The van der Waals surface area contributed by atoms with Gasteiger partial charge < -0.3 is 10.4 Å². The predicted molar refractivity (Wildman–Crippen MR) is 51.9 cm³/mol. The van der Waals surface area contributed by atoms with Crippen molar-refractivity contribution in [3.05, 3.63) is 27.7 Å². The molecule has 12 heavy (non-hydrogen) atoms. The van der Waals surface area contributed by atoms with Gasteiger partial charge >= 0.3 is 0 Å². The van der Waals surface area contributed by atoms with Crippen LogP contribution in [0.2, 0.25) is 10.0 Å². The summed E-state index contributed by atoms with van der Waals surface area (Å²) in [5, 5.41) is 12.7. The van der Waals surface area contributed by atoms with Crippen molar-refractivity contribution in [1.29, 1.82) is 0 Å². The monoisotopic (exact) mass is 205 g/mol. The lowest BCUT2D eigenvalue weighted by Crippen LogP contribution is -1.92. The van der Waals surface area contributed by atoms with E-state index in [0.717, 1.165) is 0 Å². The number of benzene rings is 1. The molecule has 0 amide bonds. The van der Waals surface area contributed by atoms with Gasteiger partial charge in [0.2, 0.25) is 0 Å². The van der Waals surface area contributed by atoms with Gasteiger partial charge in [0, 0.05) is 7.05 Å². The summed E-state index contributed by atoms with van der Waals surface area (Å²) in [5.41, 5.74) is 1.40. The number of aliphatic hydroxyl groups excluding tert-OH is 1. The predicted octanol–water partition coefficient (Wildman–Crippen LogP) is 2.53. The molecule has 0 bridgehead atoms. The lowest BCUT2D eigenvalue weighted by atomic mass is 10.2. The SMILES string of the molecule is CNc1c(Cl)cc(CO)cc1Cl. The Hall–Kier alpha value is -0.440. The third-order valence-electron chi connectivity index (χ3n) is 1.53. The molecule has 0 spiro atoms. The van der Waals surface area contributed by atoms with Crippen LogP contribution >= 0.6 is 23.2 Å². The van der Waals surface area contributed by atoms with Gasteiger partial charge in [-0.25, -0.2) is 0 Å². The summed E-state index contributed by atoms with van der Waals surface area (Å²) in [7, 11) is 1.74. The van der Waals surface area contributed by atoms with Crippen LogP contribution in [-0.2, 0) is 6.61 Å². The van der Waals surface area contributed by atoms with E-state index in [2.05, 4.69) is 5.32 Å². The molecule has 0 saturated heterocycles. The summed E-state index contributed by atoms with van der Waals surface area (Å²) in [6.07, 6.45) is 0. The maximum atomic E-state index is 8.81. The van der Waals surface area contributed by atoms with Crippen molar-refractivity contribution in [2.75, 3.05) is 12.4 Å². The molecule has 0 aliphatic carbocycles. The van der Waals surface area contributed by atoms with Crippen molar-refractivity contribution in [2.45, 2.75) is 6.61 Å². The van der Waals surface area contributed by atoms with Crippen molar-refractivity contribution in [2.24, 2.45) is 0 Å². The first kappa shape index (κ1) is 9.65. The van der Waals surface area contributed by atoms with E-state index in [-0.39, 0.29) is 6.61 Å². The van der Waals surface area contributed by atoms with Gasteiger partial charge in [-0.15, -0.1) is 0 Å². The van der Waals surface area contributed by atoms with Crippen LogP contribution in [0.1, 0.15) is 5.56 Å². The second-order valence-corrected chi connectivity index (χ2v) is 3.16. The summed E-state index contributed by atoms with van der Waals surface area (Å²) in [5.74, 6) is 0. The fraction of sp³-hybridized carbons (Fsp3) is 0.250. The summed E-state index contributed by atoms with van der Waals surface area (Å²) in [4.78, 5) is 0. The number of hydrogen-bond acceptors (Lipinski definition) is 2. The molecule has 2 nitrogen and oxygen atoms in total. The van der Waals surface area contributed by atoms with E-state index in [1.807, 2.05) is 0 Å². The van der Waals surface area contributed by atoms with E-state index in [1.165, 1.54) is 0 Å². The Morgan fingerprint density at radius 3 is 2.17 bits per heavy atom. The van der Waals surface area contributed by atoms with Crippen molar-refractivity contribution < 1.29 is 5.11 Å². The highest BCUT2D eigenvalue weighted by Gasteiger charge is 2.05. The number of aliphatic hydroxyl groups is 1. The maximum absolute atomic E-state index is 8.81. The minimum atomic E-state index is -0.0521. The van der Waals surface area contributed by atoms with Crippen molar-refractivity contribution >= 4 is 28.9 Å². The van der Waals surface area contributed by atoms with Gasteiger partial charge in [0.1, 0.15) is 0 Å². The van der Waals surface area contributed by atoms with Crippen LogP contribution in [-0.4, -0.2) is 12.2 Å². The Kier molecular flexibility index (Phi) is 3.20. The zero-order chi connectivity index (χ0) is 9.14. The molecule has 0 aliphatic rings. The van der Waals surface area contributed by atoms with Gasteiger partial charge in [0.15, 0.2) is 0 Å². The highest BCUT2D eigenvalue weighted by molar-refractivity contribution is 6.39. The first-order valence-corrected chi connectivity index (χ1v) is 4.21. The van der Waals surface area contributed by atoms with Crippen LogP contribution < -0.4 is 5.32 Å². The molecule has 0 aromatic heterocycles. The first-order valence-electron chi connectivity index (χ1n) is 3.45. The lowest BCUT2D eigenvalue weighted by Gasteiger charge is -2.07. The topological polar surface area (TPSA) is 32.3 Å². The van der Waals surface area contributed by atoms with Gasteiger partial charge in [0.25, 0.3) is 0 Å². The minimum Gasteiger partial charge on any atom is -0.392 e. The highest BCUT2D eigenvalue weighted by atomic mass is 35.5. The van der Waals surface area contributed by atoms with Gasteiger partial charge in [-0.05, 0) is 17.7 Å². The Labute approximate surface area is 81.1 Å². The fourth-order valence-electron chi connectivity index (χ4n) is 0.956. The van der Waals surface area contributed by atoms with Crippen LogP contribution in [0.15, 0.2) is 12.1 Å².